The Morgan fingerprint density at radius 2 is 2.10 bits per heavy atom. The van der Waals surface area contributed by atoms with E-state index in [-0.39, 0.29) is 5.75 Å². The van der Waals surface area contributed by atoms with Gasteiger partial charge in [0.1, 0.15) is 5.75 Å². The molecule has 112 valence electrons. The zero-order chi connectivity index (χ0) is 15.6. The van der Waals surface area contributed by atoms with Crippen LogP contribution in [0.2, 0.25) is 0 Å². The highest BCUT2D eigenvalue weighted by atomic mass is 19.4. The molecule has 2 rings (SSSR count). The van der Waals surface area contributed by atoms with Gasteiger partial charge in [0.25, 0.3) is 0 Å². The van der Waals surface area contributed by atoms with Gasteiger partial charge in [0, 0.05) is 6.54 Å². The van der Waals surface area contributed by atoms with E-state index in [1.54, 1.807) is 10.9 Å². The number of aryl methyl sites for hydroxylation is 1. The molecular weight excluding hydrogens is 289 g/mol. The first-order valence-electron chi connectivity index (χ1n) is 5.96. The second-order valence-corrected chi connectivity index (χ2v) is 4.14. The molecule has 1 aromatic heterocycles. The summed E-state index contributed by atoms with van der Waals surface area (Å²) in [6.07, 6.45) is -1.79. The van der Waals surface area contributed by atoms with Crippen LogP contribution in [0.15, 0.2) is 30.6 Å². The van der Waals surface area contributed by atoms with Crippen LogP contribution >= 0.6 is 0 Å². The number of alkyl halides is 3. The predicted octanol–water partition coefficient (Wildman–Crippen LogP) is 3.41. The number of hydrogen-bond acceptors (Lipinski definition) is 3. The van der Waals surface area contributed by atoms with Gasteiger partial charge in [-0.15, -0.1) is 0 Å². The van der Waals surface area contributed by atoms with E-state index in [4.69, 9.17) is 9.84 Å². The minimum Gasteiger partial charge on any atom is -0.478 e. The number of aromatic carboxylic acids is 1. The minimum absolute atomic E-state index is 0.00365. The molecule has 1 aromatic carbocycles. The van der Waals surface area contributed by atoms with Crippen molar-refractivity contribution in [2.75, 3.05) is 0 Å². The van der Waals surface area contributed by atoms with Gasteiger partial charge in [-0.05, 0) is 25.1 Å². The summed E-state index contributed by atoms with van der Waals surface area (Å²) < 4.78 is 45.0. The summed E-state index contributed by atoms with van der Waals surface area (Å²) in [7, 11) is 0. The Morgan fingerprint density at radius 3 is 2.62 bits per heavy atom. The average Bonchev–Trinajstić information content (AvgIpc) is 2.85. The Hall–Kier alpha value is -2.51. The van der Waals surface area contributed by atoms with Crippen LogP contribution in [0.3, 0.4) is 0 Å². The number of carboxylic acids is 1. The second kappa shape index (κ2) is 5.47. The van der Waals surface area contributed by atoms with Crippen molar-refractivity contribution < 1.29 is 27.8 Å². The summed E-state index contributed by atoms with van der Waals surface area (Å²) in [4.78, 5) is 11.0. The summed E-state index contributed by atoms with van der Waals surface area (Å²) in [5, 5.41) is 12.8. The molecule has 0 fully saturated rings. The molecule has 2 aromatic rings. The van der Waals surface area contributed by atoms with Gasteiger partial charge in [-0.1, -0.05) is 0 Å². The van der Waals surface area contributed by atoms with Gasteiger partial charge in [-0.25, -0.2) is 4.79 Å². The highest BCUT2D eigenvalue weighted by molar-refractivity contribution is 5.90. The van der Waals surface area contributed by atoms with Crippen LogP contribution in [0, 0.1) is 0 Å². The van der Waals surface area contributed by atoms with Crippen molar-refractivity contribution in [2.24, 2.45) is 0 Å². The number of carboxylic acid groups (broad SMARTS) is 1. The van der Waals surface area contributed by atoms with E-state index < -0.39 is 23.3 Å². The third kappa shape index (κ3) is 3.33. The molecule has 8 heteroatoms. The second-order valence-electron chi connectivity index (χ2n) is 4.14. The van der Waals surface area contributed by atoms with Crippen molar-refractivity contribution in [1.29, 1.82) is 0 Å². The smallest absolute Gasteiger partial charge is 0.417 e. The first kappa shape index (κ1) is 14.9. The highest BCUT2D eigenvalue weighted by Gasteiger charge is 2.35. The van der Waals surface area contributed by atoms with Crippen LogP contribution in [-0.4, -0.2) is 20.9 Å². The lowest BCUT2D eigenvalue weighted by Crippen LogP contribution is -2.12. The minimum atomic E-state index is -4.74. The Kier molecular flexibility index (Phi) is 3.88. The molecule has 21 heavy (non-hydrogen) atoms. The fourth-order valence-electron chi connectivity index (χ4n) is 1.72. The summed E-state index contributed by atoms with van der Waals surface area (Å²) in [6, 6.07) is 2.59. The van der Waals surface area contributed by atoms with Crippen LogP contribution < -0.4 is 4.74 Å². The number of halogens is 3. The molecule has 0 radical (unpaired) electrons. The standard InChI is InChI=1S/C13H11F3N2O3/c1-2-18-7-9(6-17-18)21-8-3-4-11(13(14,15)16)10(5-8)12(19)20/h3-7H,2H2,1H3,(H,19,20). The lowest BCUT2D eigenvalue weighted by atomic mass is 10.1. The first-order valence-corrected chi connectivity index (χ1v) is 5.96. The molecule has 0 amide bonds. The quantitative estimate of drug-likeness (QED) is 0.939. The monoisotopic (exact) mass is 300 g/mol. The van der Waals surface area contributed by atoms with Gasteiger partial charge >= 0.3 is 12.1 Å². The van der Waals surface area contributed by atoms with E-state index in [0.29, 0.717) is 18.4 Å². The molecule has 0 saturated carbocycles. The molecule has 0 aliphatic heterocycles. The largest absolute Gasteiger partial charge is 0.478 e. The maximum atomic E-state index is 12.7. The number of hydrogen-bond donors (Lipinski definition) is 1. The molecular formula is C13H11F3N2O3. The van der Waals surface area contributed by atoms with E-state index in [2.05, 4.69) is 5.10 Å². The van der Waals surface area contributed by atoms with Crippen LogP contribution in [0.4, 0.5) is 13.2 Å². The molecule has 1 N–H and O–H groups in total. The van der Waals surface area contributed by atoms with Crippen molar-refractivity contribution in [1.82, 2.24) is 9.78 Å². The molecule has 5 nitrogen and oxygen atoms in total. The molecule has 0 aliphatic carbocycles. The van der Waals surface area contributed by atoms with Gasteiger partial charge in [-0.3, -0.25) is 4.68 Å². The fourth-order valence-corrected chi connectivity index (χ4v) is 1.72. The Balaban J connectivity index is 2.34. The molecule has 0 atom stereocenters. The van der Waals surface area contributed by atoms with E-state index in [0.717, 1.165) is 12.1 Å². The van der Waals surface area contributed by atoms with Crippen LogP contribution in [0.25, 0.3) is 0 Å². The zero-order valence-corrected chi connectivity index (χ0v) is 10.9. The van der Waals surface area contributed by atoms with Gasteiger partial charge in [0.15, 0.2) is 5.75 Å². The average molecular weight is 300 g/mol. The molecule has 0 unspecified atom stereocenters. The predicted molar refractivity (Wildman–Crippen MR) is 66.4 cm³/mol. The number of rotatable bonds is 4. The van der Waals surface area contributed by atoms with E-state index in [1.165, 1.54) is 6.20 Å². The first-order chi connectivity index (χ1) is 9.81. The normalized spacial score (nSPS) is 11.4. The van der Waals surface area contributed by atoms with Crippen molar-refractivity contribution in [2.45, 2.75) is 19.6 Å². The van der Waals surface area contributed by atoms with Crippen molar-refractivity contribution in [3.05, 3.63) is 41.7 Å². The maximum Gasteiger partial charge on any atom is 0.417 e. The molecule has 0 bridgehead atoms. The lowest BCUT2D eigenvalue weighted by Gasteiger charge is -2.11. The summed E-state index contributed by atoms with van der Waals surface area (Å²) in [6.45, 7) is 2.47. The number of carbonyl (C=O) groups is 1. The van der Waals surface area contributed by atoms with Crippen molar-refractivity contribution >= 4 is 5.97 Å². The number of benzene rings is 1. The third-order valence-electron chi connectivity index (χ3n) is 2.70. The zero-order valence-electron chi connectivity index (χ0n) is 10.9. The third-order valence-corrected chi connectivity index (χ3v) is 2.70. The van der Waals surface area contributed by atoms with E-state index in [1.807, 2.05) is 6.92 Å². The highest BCUT2D eigenvalue weighted by Crippen LogP contribution is 2.34. The molecule has 0 spiro atoms. The molecule has 1 heterocycles. The lowest BCUT2D eigenvalue weighted by molar-refractivity contribution is -0.138. The topological polar surface area (TPSA) is 64.3 Å². The fraction of sp³-hybridized carbons (Fsp3) is 0.231. The van der Waals surface area contributed by atoms with Crippen LogP contribution in [0.1, 0.15) is 22.8 Å². The number of aromatic nitrogens is 2. The van der Waals surface area contributed by atoms with Gasteiger partial charge < -0.3 is 9.84 Å². The molecule has 0 saturated heterocycles. The van der Waals surface area contributed by atoms with E-state index >= 15 is 0 Å². The Morgan fingerprint density at radius 1 is 1.38 bits per heavy atom. The maximum absolute atomic E-state index is 12.7. The number of ether oxygens (including phenoxy) is 1. The Bertz CT molecular complexity index is 665. The number of nitrogens with zero attached hydrogens (tertiary/aromatic N) is 2. The SMILES string of the molecule is CCn1cc(Oc2ccc(C(F)(F)F)c(C(=O)O)c2)cn1. The summed E-state index contributed by atoms with van der Waals surface area (Å²) in [5.41, 5.74) is -2.07. The molecule has 0 aliphatic rings. The van der Waals surface area contributed by atoms with Gasteiger partial charge in [0.2, 0.25) is 0 Å². The van der Waals surface area contributed by atoms with Gasteiger partial charge in [-0.2, -0.15) is 18.3 Å². The van der Waals surface area contributed by atoms with Crippen LogP contribution in [-0.2, 0) is 12.7 Å². The summed E-state index contributed by atoms with van der Waals surface area (Å²) >= 11 is 0. The van der Waals surface area contributed by atoms with E-state index in [9.17, 15) is 18.0 Å². The van der Waals surface area contributed by atoms with Crippen molar-refractivity contribution in [3.63, 3.8) is 0 Å². The van der Waals surface area contributed by atoms with Crippen LogP contribution in [0.5, 0.6) is 11.5 Å². The van der Waals surface area contributed by atoms with Gasteiger partial charge in [0.05, 0.1) is 23.5 Å². The van der Waals surface area contributed by atoms with Crippen molar-refractivity contribution in [3.8, 4) is 11.5 Å². The summed E-state index contributed by atoms with van der Waals surface area (Å²) in [5.74, 6) is -1.36. The Labute approximate surface area is 117 Å².